The van der Waals surface area contributed by atoms with Gasteiger partial charge in [0.15, 0.2) is 0 Å². The van der Waals surface area contributed by atoms with Gasteiger partial charge < -0.3 is 10.5 Å². The zero-order valence-corrected chi connectivity index (χ0v) is 14.5. The maximum Gasteiger partial charge on any atom is 0.128 e. The van der Waals surface area contributed by atoms with Crippen LogP contribution in [0.1, 0.15) is 52.7 Å². The largest absolute Gasteiger partial charge is 0.457 e. The summed E-state index contributed by atoms with van der Waals surface area (Å²) < 4.78 is 6.05. The van der Waals surface area contributed by atoms with Crippen molar-refractivity contribution in [1.82, 2.24) is 0 Å². The summed E-state index contributed by atoms with van der Waals surface area (Å²) in [5.74, 6) is 1.68. The molecule has 0 unspecified atom stereocenters. The minimum atomic E-state index is 0.0838. The Morgan fingerprint density at radius 1 is 0.682 bits per heavy atom. The summed E-state index contributed by atoms with van der Waals surface area (Å²) in [6.07, 6.45) is 0. The quantitative estimate of drug-likeness (QED) is 0.726. The van der Waals surface area contributed by atoms with Crippen LogP contribution in [-0.2, 0) is 10.8 Å². The first-order valence-electron chi connectivity index (χ1n) is 7.75. The average molecular weight is 297 g/mol. The Hall–Kier alpha value is -1.96. The predicted molar refractivity (Wildman–Crippen MR) is 94.8 cm³/mol. The van der Waals surface area contributed by atoms with Gasteiger partial charge in [-0.3, -0.25) is 0 Å². The average Bonchev–Trinajstić information content (AvgIpc) is 2.39. The van der Waals surface area contributed by atoms with Crippen LogP contribution < -0.4 is 10.5 Å². The second-order valence-corrected chi connectivity index (χ2v) is 7.92. The van der Waals surface area contributed by atoms with E-state index in [0.717, 1.165) is 17.2 Å². The molecule has 2 aromatic rings. The molecule has 2 aromatic carbocycles. The van der Waals surface area contributed by atoms with E-state index in [9.17, 15) is 0 Å². The fourth-order valence-electron chi connectivity index (χ4n) is 2.20. The number of nitrogen functional groups attached to an aromatic ring is 1. The molecule has 0 spiro atoms. The van der Waals surface area contributed by atoms with Gasteiger partial charge in [0.05, 0.1) is 0 Å². The molecule has 0 saturated carbocycles. The molecule has 2 nitrogen and oxygen atoms in total. The van der Waals surface area contributed by atoms with Crippen LogP contribution in [0.4, 0.5) is 5.69 Å². The number of hydrogen-bond donors (Lipinski definition) is 1. The highest BCUT2D eigenvalue weighted by Crippen LogP contribution is 2.34. The Kier molecular flexibility index (Phi) is 4.23. The summed E-state index contributed by atoms with van der Waals surface area (Å²) >= 11 is 0. The van der Waals surface area contributed by atoms with E-state index in [-0.39, 0.29) is 10.8 Å². The summed E-state index contributed by atoms with van der Waals surface area (Å²) in [6.45, 7) is 13.3. The minimum absolute atomic E-state index is 0.0838. The van der Waals surface area contributed by atoms with E-state index < -0.39 is 0 Å². The highest BCUT2D eigenvalue weighted by atomic mass is 16.5. The van der Waals surface area contributed by atoms with Gasteiger partial charge in [0.25, 0.3) is 0 Å². The molecule has 0 atom stereocenters. The first kappa shape index (κ1) is 16.4. The molecule has 2 N–H and O–H groups in total. The van der Waals surface area contributed by atoms with Crippen molar-refractivity contribution in [2.24, 2.45) is 0 Å². The van der Waals surface area contributed by atoms with Crippen LogP contribution >= 0.6 is 0 Å². The van der Waals surface area contributed by atoms with Crippen LogP contribution in [0.25, 0.3) is 0 Å². The van der Waals surface area contributed by atoms with Gasteiger partial charge in [-0.1, -0.05) is 47.6 Å². The third-order valence-corrected chi connectivity index (χ3v) is 3.75. The van der Waals surface area contributed by atoms with Crippen molar-refractivity contribution in [3.05, 3.63) is 53.6 Å². The molecule has 0 bridgehead atoms. The second kappa shape index (κ2) is 5.68. The SMILES string of the molecule is CC(C)(C)c1cc(Oc2ccc(N)cc2)cc(C(C)(C)C)c1. The van der Waals surface area contributed by atoms with Crippen LogP contribution in [0, 0.1) is 0 Å². The van der Waals surface area contributed by atoms with E-state index in [1.807, 2.05) is 24.3 Å². The second-order valence-electron chi connectivity index (χ2n) is 7.92. The molecule has 0 amide bonds. The van der Waals surface area contributed by atoms with Crippen molar-refractivity contribution in [3.8, 4) is 11.5 Å². The molecule has 22 heavy (non-hydrogen) atoms. The lowest BCUT2D eigenvalue weighted by Gasteiger charge is -2.26. The first-order valence-corrected chi connectivity index (χ1v) is 7.75. The number of ether oxygens (including phenoxy) is 1. The minimum Gasteiger partial charge on any atom is -0.457 e. The van der Waals surface area contributed by atoms with Gasteiger partial charge >= 0.3 is 0 Å². The molecule has 0 radical (unpaired) electrons. The van der Waals surface area contributed by atoms with E-state index in [2.05, 4.69) is 59.7 Å². The van der Waals surface area contributed by atoms with Gasteiger partial charge in [0.1, 0.15) is 11.5 Å². The standard InChI is InChI=1S/C20H27NO/c1-19(2,3)14-11-15(20(4,5)6)13-18(12-14)22-17-9-7-16(21)8-10-17/h7-13H,21H2,1-6H3. The van der Waals surface area contributed by atoms with Crippen LogP contribution in [0.3, 0.4) is 0 Å². The fourth-order valence-corrected chi connectivity index (χ4v) is 2.20. The molecular formula is C20H27NO. The lowest BCUT2D eigenvalue weighted by Crippen LogP contribution is -2.16. The Morgan fingerprint density at radius 3 is 1.55 bits per heavy atom. The lowest BCUT2D eigenvalue weighted by molar-refractivity contribution is 0.473. The third kappa shape index (κ3) is 4.03. The van der Waals surface area contributed by atoms with Crippen molar-refractivity contribution in [2.45, 2.75) is 52.4 Å². The molecule has 0 aromatic heterocycles. The number of anilines is 1. The van der Waals surface area contributed by atoms with Crippen molar-refractivity contribution in [3.63, 3.8) is 0 Å². The molecular weight excluding hydrogens is 270 g/mol. The van der Waals surface area contributed by atoms with Crippen molar-refractivity contribution >= 4 is 5.69 Å². The molecule has 0 heterocycles. The van der Waals surface area contributed by atoms with E-state index in [0.29, 0.717) is 0 Å². The number of hydrogen-bond acceptors (Lipinski definition) is 2. The molecule has 0 aliphatic carbocycles. The predicted octanol–water partition coefficient (Wildman–Crippen LogP) is 5.66. The van der Waals surface area contributed by atoms with E-state index in [1.54, 1.807) is 0 Å². The molecule has 0 fully saturated rings. The van der Waals surface area contributed by atoms with Gasteiger partial charge in [-0.05, 0) is 58.4 Å². The normalized spacial score (nSPS) is 12.3. The maximum atomic E-state index is 6.05. The Morgan fingerprint density at radius 2 is 1.14 bits per heavy atom. The third-order valence-electron chi connectivity index (χ3n) is 3.75. The van der Waals surface area contributed by atoms with Crippen LogP contribution in [0.15, 0.2) is 42.5 Å². The summed E-state index contributed by atoms with van der Waals surface area (Å²) in [5.41, 5.74) is 9.20. The molecule has 2 rings (SSSR count). The summed E-state index contributed by atoms with van der Waals surface area (Å²) in [5, 5.41) is 0. The first-order chi connectivity index (χ1) is 10.1. The molecule has 0 saturated heterocycles. The van der Waals surface area contributed by atoms with Crippen molar-refractivity contribution in [2.75, 3.05) is 5.73 Å². The van der Waals surface area contributed by atoms with Gasteiger partial charge in [0.2, 0.25) is 0 Å². The Bertz CT molecular complexity index is 611. The Balaban J connectivity index is 2.44. The van der Waals surface area contributed by atoms with Crippen molar-refractivity contribution in [1.29, 1.82) is 0 Å². The monoisotopic (exact) mass is 297 g/mol. The highest BCUT2D eigenvalue weighted by Gasteiger charge is 2.21. The van der Waals surface area contributed by atoms with Crippen LogP contribution in [-0.4, -0.2) is 0 Å². The zero-order valence-electron chi connectivity index (χ0n) is 14.5. The van der Waals surface area contributed by atoms with Gasteiger partial charge in [0, 0.05) is 5.69 Å². The van der Waals surface area contributed by atoms with E-state index in [4.69, 9.17) is 10.5 Å². The van der Waals surface area contributed by atoms with Crippen molar-refractivity contribution < 1.29 is 4.74 Å². The summed E-state index contributed by atoms with van der Waals surface area (Å²) in [6, 6.07) is 14.1. The molecule has 0 aliphatic rings. The number of rotatable bonds is 2. The molecule has 118 valence electrons. The summed E-state index contributed by atoms with van der Waals surface area (Å²) in [4.78, 5) is 0. The summed E-state index contributed by atoms with van der Waals surface area (Å²) in [7, 11) is 0. The topological polar surface area (TPSA) is 35.2 Å². The Labute approximate surface area is 134 Å². The number of nitrogens with two attached hydrogens (primary N) is 1. The van der Waals surface area contributed by atoms with Crippen LogP contribution in [0.5, 0.6) is 11.5 Å². The number of benzene rings is 2. The van der Waals surface area contributed by atoms with E-state index in [1.165, 1.54) is 11.1 Å². The van der Waals surface area contributed by atoms with Gasteiger partial charge in [-0.25, -0.2) is 0 Å². The highest BCUT2D eigenvalue weighted by molar-refractivity contribution is 5.45. The maximum absolute atomic E-state index is 6.05. The smallest absolute Gasteiger partial charge is 0.128 e. The fraction of sp³-hybridized carbons (Fsp3) is 0.400. The molecule has 0 aliphatic heterocycles. The lowest BCUT2D eigenvalue weighted by atomic mass is 9.80. The van der Waals surface area contributed by atoms with Crippen LogP contribution in [0.2, 0.25) is 0 Å². The van der Waals surface area contributed by atoms with E-state index >= 15 is 0 Å². The molecule has 2 heteroatoms. The zero-order chi connectivity index (χ0) is 16.5. The van der Waals surface area contributed by atoms with Gasteiger partial charge in [-0.2, -0.15) is 0 Å². The van der Waals surface area contributed by atoms with Gasteiger partial charge in [-0.15, -0.1) is 0 Å².